The molecule has 80 valence electrons. The van der Waals surface area contributed by atoms with Crippen molar-refractivity contribution in [3.05, 3.63) is 70.0 Å². The van der Waals surface area contributed by atoms with Gasteiger partial charge in [0.1, 0.15) is 0 Å². The van der Waals surface area contributed by atoms with Gasteiger partial charge in [-0.15, -0.1) is 0 Å². The molecule has 0 amide bonds. The summed E-state index contributed by atoms with van der Waals surface area (Å²) < 4.78 is 0. The van der Waals surface area contributed by atoms with Crippen molar-refractivity contribution in [2.45, 2.75) is 6.42 Å². The van der Waals surface area contributed by atoms with E-state index in [2.05, 4.69) is 4.98 Å². The third-order valence-electron chi connectivity index (χ3n) is 2.25. The SMILES string of the molecule is O=[N+]([O-])c1cccc(Cc2cccnc2)c1. The number of nitro benzene ring substituents is 1. The summed E-state index contributed by atoms with van der Waals surface area (Å²) in [6.07, 6.45) is 4.13. The summed E-state index contributed by atoms with van der Waals surface area (Å²) in [5.74, 6) is 0. The fourth-order valence-corrected chi connectivity index (χ4v) is 1.52. The van der Waals surface area contributed by atoms with E-state index in [0.29, 0.717) is 6.42 Å². The van der Waals surface area contributed by atoms with Gasteiger partial charge >= 0.3 is 0 Å². The molecule has 1 aromatic carbocycles. The molecule has 0 bridgehead atoms. The normalized spacial score (nSPS) is 10.0. The van der Waals surface area contributed by atoms with Crippen molar-refractivity contribution in [3.8, 4) is 0 Å². The van der Waals surface area contributed by atoms with E-state index in [9.17, 15) is 10.1 Å². The molecule has 1 heterocycles. The molecule has 0 atom stereocenters. The second kappa shape index (κ2) is 4.53. The lowest BCUT2D eigenvalue weighted by molar-refractivity contribution is -0.384. The van der Waals surface area contributed by atoms with Gasteiger partial charge in [-0.1, -0.05) is 18.2 Å². The van der Waals surface area contributed by atoms with Crippen LogP contribution >= 0.6 is 0 Å². The van der Waals surface area contributed by atoms with Crippen molar-refractivity contribution in [1.29, 1.82) is 0 Å². The van der Waals surface area contributed by atoms with Crippen molar-refractivity contribution in [1.82, 2.24) is 4.98 Å². The molecule has 0 unspecified atom stereocenters. The molecular formula is C12H10N2O2. The first-order valence-electron chi connectivity index (χ1n) is 4.88. The lowest BCUT2D eigenvalue weighted by Crippen LogP contribution is -1.92. The van der Waals surface area contributed by atoms with Gasteiger partial charge in [-0.3, -0.25) is 15.1 Å². The second-order valence-electron chi connectivity index (χ2n) is 3.47. The van der Waals surface area contributed by atoms with Crippen LogP contribution in [-0.4, -0.2) is 9.91 Å². The summed E-state index contributed by atoms with van der Waals surface area (Å²) in [5, 5.41) is 10.6. The minimum atomic E-state index is -0.382. The predicted molar refractivity (Wildman–Crippen MR) is 60.1 cm³/mol. The maximum absolute atomic E-state index is 10.6. The highest BCUT2D eigenvalue weighted by atomic mass is 16.6. The third-order valence-corrected chi connectivity index (χ3v) is 2.25. The van der Waals surface area contributed by atoms with Crippen LogP contribution in [0.3, 0.4) is 0 Å². The lowest BCUT2D eigenvalue weighted by atomic mass is 10.1. The van der Waals surface area contributed by atoms with Crippen molar-refractivity contribution in [2.75, 3.05) is 0 Å². The van der Waals surface area contributed by atoms with Gasteiger partial charge in [-0.05, 0) is 23.6 Å². The van der Waals surface area contributed by atoms with Crippen LogP contribution in [0.5, 0.6) is 0 Å². The second-order valence-corrected chi connectivity index (χ2v) is 3.47. The van der Waals surface area contributed by atoms with Crippen LogP contribution in [0.2, 0.25) is 0 Å². The minimum Gasteiger partial charge on any atom is -0.264 e. The number of benzene rings is 1. The van der Waals surface area contributed by atoms with Crippen LogP contribution < -0.4 is 0 Å². The van der Waals surface area contributed by atoms with E-state index in [-0.39, 0.29) is 10.6 Å². The maximum Gasteiger partial charge on any atom is 0.269 e. The number of nitro groups is 1. The molecule has 2 rings (SSSR count). The Morgan fingerprint density at radius 3 is 2.69 bits per heavy atom. The molecule has 0 saturated carbocycles. The van der Waals surface area contributed by atoms with Gasteiger partial charge in [0.2, 0.25) is 0 Å². The summed E-state index contributed by atoms with van der Waals surface area (Å²) in [6, 6.07) is 10.5. The Labute approximate surface area is 92.7 Å². The molecule has 4 heteroatoms. The topological polar surface area (TPSA) is 56.0 Å². The largest absolute Gasteiger partial charge is 0.269 e. The average Bonchev–Trinajstić information content (AvgIpc) is 2.30. The number of nitrogens with zero attached hydrogens (tertiary/aromatic N) is 2. The number of hydrogen-bond donors (Lipinski definition) is 0. The number of aromatic nitrogens is 1. The zero-order valence-corrected chi connectivity index (χ0v) is 8.54. The van der Waals surface area contributed by atoms with E-state index in [1.54, 1.807) is 24.5 Å². The minimum absolute atomic E-state index is 0.126. The Balaban J connectivity index is 2.22. The van der Waals surface area contributed by atoms with Crippen LogP contribution in [0, 0.1) is 10.1 Å². The smallest absolute Gasteiger partial charge is 0.264 e. The first-order chi connectivity index (χ1) is 7.75. The van der Waals surface area contributed by atoms with E-state index < -0.39 is 0 Å². The Morgan fingerprint density at radius 1 is 1.19 bits per heavy atom. The zero-order valence-electron chi connectivity index (χ0n) is 8.54. The maximum atomic E-state index is 10.6. The monoisotopic (exact) mass is 214 g/mol. The summed E-state index contributed by atoms with van der Waals surface area (Å²) >= 11 is 0. The number of hydrogen-bond acceptors (Lipinski definition) is 3. The first-order valence-corrected chi connectivity index (χ1v) is 4.88. The number of non-ortho nitro benzene ring substituents is 1. The van der Waals surface area contributed by atoms with Gasteiger partial charge in [0.15, 0.2) is 0 Å². The molecule has 0 radical (unpaired) electrons. The highest BCUT2D eigenvalue weighted by molar-refractivity contribution is 5.36. The summed E-state index contributed by atoms with van der Waals surface area (Å²) in [4.78, 5) is 14.2. The van der Waals surface area contributed by atoms with Gasteiger partial charge in [0.05, 0.1) is 4.92 Å². The summed E-state index contributed by atoms with van der Waals surface area (Å²) in [7, 11) is 0. The fraction of sp³-hybridized carbons (Fsp3) is 0.0833. The fourth-order valence-electron chi connectivity index (χ4n) is 1.52. The van der Waals surface area contributed by atoms with Crippen molar-refractivity contribution in [3.63, 3.8) is 0 Å². The summed E-state index contributed by atoms with van der Waals surface area (Å²) in [6.45, 7) is 0. The first kappa shape index (κ1) is 10.3. The van der Waals surface area contributed by atoms with Gasteiger partial charge in [-0.25, -0.2) is 0 Å². The number of pyridine rings is 1. The van der Waals surface area contributed by atoms with Crippen LogP contribution in [0.25, 0.3) is 0 Å². The molecule has 1 aromatic heterocycles. The quantitative estimate of drug-likeness (QED) is 0.582. The molecular weight excluding hydrogens is 204 g/mol. The molecule has 4 nitrogen and oxygen atoms in total. The third kappa shape index (κ3) is 2.42. The van der Waals surface area contributed by atoms with Crippen LogP contribution in [0.4, 0.5) is 5.69 Å². The molecule has 2 aromatic rings. The van der Waals surface area contributed by atoms with Gasteiger partial charge in [0.25, 0.3) is 5.69 Å². The van der Waals surface area contributed by atoms with Crippen molar-refractivity contribution >= 4 is 5.69 Å². The molecule has 0 aliphatic rings. The number of rotatable bonds is 3. The van der Waals surface area contributed by atoms with E-state index >= 15 is 0 Å². The van der Waals surface area contributed by atoms with E-state index in [1.807, 2.05) is 18.2 Å². The standard InChI is InChI=1S/C12H10N2O2/c15-14(16)12-5-1-3-10(8-12)7-11-4-2-6-13-9-11/h1-6,8-9H,7H2. The molecule has 16 heavy (non-hydrogen) atoms. The van der Waals surface area contributed by atoms with E-state index in [4.69, 9.17) is 0 Å². The highest BCUT2D eigenvalue weighted by Gasteiger charge is 2.05. The molecule has 0 aliphatic heterocycles. The Bertz CT molecular complexity index is 497. The molecule has 0 spiro atoms. The van der Waals surface area contributed by atoms with Gasteiger partial charge in [-0.2, -0.15) is 0 Å². The molecule has 0 fully saturated rings. The predicted octanol–water partition coefficient (Wildman–Crippen LogP) is 2.58. The van der Waals surface area contributed by atoms with E-state index in [1.165, 1.54) is 6.07 Å². The van der Waals surface area contributed by atoms with Gasteiger partial charge in [0, 0.05) is 24.5 Å². The summed E-state index contributed by atoms with van der Waals surface area (Å²) in [5.41, 5.74) is 2.09. The van der Waals surface area contributed by atoms with Crippen molar-refractivity contribution in [2.24, 2.45) is 0 Å². The molecule has 0 N–H and O–H groups in total. The average molecular weight is 214 g/mol. The molecule has 0 saturated heterocycles. The van der Waals surface area contributed by atoms with Crippen LogP contribution in [0.1, 0.15) is 11.1 Å². The van der Waals surface area contributed by atoms with Gasteiger partial charge < -0.3 is 0 Å². The zero-order chi connectivity index (χ0) is 11.4. The van der Waals surface area contributed by atoms with E-state index in [0.717, 1.165) is 11.1 Å². The Hall–Kier alpha value is -2.23. The highest BCUT2D eigenvalue weighted by Crippen LogP contribution is 2.15. The van der Waals surface area contributed by atoms with Crippen LogP contribution in [0.15, 0.2) is 48.8 Å². The Kier molecular flexibility index (Phi) is 2.91. The van der Waals surface area contributed by atoms with Crippen molar-refractivity contribution < 1.29 is 4.92 Å². The lowest BCUT2D eigenvalue weighted by Gasteiger charge is -2.00. The molecule has 0 aliphatic carbocycles. The Morgan fingerprint density at radius 2 is 2.00 bits per heavy atom. The van der Waals surface area contributed by atoms with Crippen LogP contribution in [-0.2, 0) is 6.42 Å².